The zero-order valence-electron chi connectivity index (χ0n) is 11.2. The van der Waals surface area contributed by atoms with Crippen LogP contribution >= 0.6 is 24.0 Å². The molecule has 0 saturated carbocycles. The summed E-state index contributed by atoms with van der Waals surface area (Å²) in [6, 6.07) is 7.61. The highest BCUT2D eigenvalue weighted by atomic mass is 35.5. The summed E-state index contributed by atoms with van der Waals surface area (Å²) < 4.78 is 0. The second-order valence-corrected chi connectivity index (χ2v) is 4.66. The van der Waals surface area contributed by atoms with Crippen molar-refractivity contribution in [2.24, 2.45) is 0 Å². The minimum Gasteiger partial charge on any atom is -0.355 e. The van der Waals surface area contributed by atoms with Gasteiger partial charge >= 0.3 is 0 Å². The molecule has 1 rings (SSSR count). The third kappa shape index (κ3) is 8.87. The molecule has 0 unspecified atom stereocenters. The Morgan fingerprint density at radius 3 is 2.47 bits per heavy atom. The van der Waals surface area contributed by atoms with Crippen LogP contribution in [0.15, 0.2) is 24.3 Å². The third-order valence-electron chi connectivity index (χ3n) is 2.60. The van der Waals surface area contributed by atoms with Gasteiger partial charge in [-0.2, -0.15) is 0 Å². The monoisotopic (exact) mass is 304 g/mol. The molecule has 0 aromatic heterocycles. The Bertz CT molecular complexity index is 355. The van der Waals surface area contributed by atoms with Gasteiger partial charge in [-0.15, -0.1) is 12.4 Å². The number of carbonyl (C=O) groups is 1. The quantitative estimate of drug-likeness (QED) is 0.725. The molecule has 0 atom stereocenters. The molecule has 1 aromatic carbocycles. The summed E-state index contributed by atoms with van der Waals surface area (Å²) in [5.41, 5.74) is 1.14. The first-order valence-electron chi connectivity index (χ1n) is 6.44. The highest BCUT2D eigenvalue weighted by Crippen LogP contribution is 2.10. The molecule has 0 spiro atoms. The van der Waals surface area contributed by atoms with Crippen LogP contribution in [0.3, 0.4) is 0 Å². The highest BCUT2D eigenvalue weighted by Gasteiger charge is 2.01. The molecule has 0 aliphatic carbocycles. The van der Waals surface area contributed by atoms with E-state index < -0.39 is 0 Å². The largest absolute Gasteiger partial charge is 0.355 e. The minimum atomic E-state index is 0. The summed E-state index contributed by atoms with van der Waals surface area (Å²) in [5, 5.41) is 6.86. The molecule has 1 aromatic rings. The van der Waals surface area contributed by atoms with Crippen molar-refractivity contribution in [3.8, 4) is 0 Å². The standard InChI is InChI=1S/C14H21ClN2O.ClH/c1-2-9-16-10-11-17-14(18)8-5-12-3-6-13(15)7-4-12;/h3-4,6-7,16H,2,5,8-11H2,1H3,(H,17,18);1H. The lowest BCUT2D eigenvalue weighted by Gasteiger charge is -2.06. The Hall–Kier alpha value is -0.770. The molecule has 2 N–H and O–H groups in total. The van der Waals surface area contributed by atoms with E-state index in [1.807, 2.05) is 24.3 Å². The summed E-state index contributed by atoms with van der Waals surface area (Å²) in [4.78, 5) is 11.6. The zero-order valence-corrected chi connectivity index (χ0v) is 12.8. The van der Waals surface area contributed by atoms with E-state index in [1.165, 1.54) is 0 Å². The Kier molecular flexibility index (Phi) is 10.6. The Balaban J connectivity index is 0.00000324. The van der Waals surface area contributed by atoms with Crippen LogP contribution in [0.25, 0.3) is 0 Å². The summed E-state index contributed by atoms with van der Waals surface area (Å²) in [7, 11) is 0. The fraction of sp³-hybridized carbons (Fsp3) is 0.500. The number of hydrogen-bond acceptors (Lipinski definition) is 2. The number of carbonyl (C=O) groups excluding carboxylic acids is 1. The van der Waals surface area contributed by atoms with Gasteiger partial charge in [0.15, 0.2) is 0 Å². The van der Waals surface area contributed by atoms with Crippen LogP contribution in [0.2, 0.25) is 5.02 Å². The van der Waals surface area contributed by atoms with Gasteiger partial charge in [-0.1, -0.05) is 30.7 Å². The van der Waals surface area contributed by atoms with Crippen LogP contribution in [0.1, 0.15) is 25.3 Å². The van der Waals surface area contributed by atoms with Crippen LogP contribution in [0.4, 0.5) is 0 Å². The van der Waals surface area contributed by atoms with Crippen LogP contribution < -0.4 is 10.6 Å². The van der Waals surface area contributed by atoms with Gasteiger partial charge in [0, 0.05) is 24.5 Å². The third-order valence-corrected chi connectivity index (χ3v) is 2.86. The summed E-state index contributed by atoms with van der Waals surface area (Å²) in [5.74, 6) is 0.100. The fourth-order valence-corrected chi connectivity index (χ4v) is 1.72. The van der Waals surface area contributed by atoms with E-state index in [-0.39, 0.29) is 18.3 Å². The van der Waals surface area contributed by atoms with Crippen LogP contribution in [0, 0.1) is 0 Å². The van der Waals surface area contributed by atoms with Crippen molar-refractivity contribution < 1.29 is 4.79 Å². The van der Waals surface area contributed by atoms with Crippen LogP contribution in [-0.2, 0) is 11.2 Å². The Morgan fingerprint density at radius 1 is 1.16 bits per heavy atom. The lowest BCUT2D eigenvalue weighted by atomic mass is 10.1. The second-order valence-electron chi connectivity index (χ2n) is 4.23. The molecule has 0 heterocycles. The number of rotatable bonds is 8. The maximum absolute atomic E-state index is 11.6. The summed E-state index contributed by atoms with van der Waals surface area (Å²) in [6.07, 6.45) is 2.39. The predicted octanol–water partition coefficient (Wildman–Crippen LogP) is 2.81. The maximum atomic E-state index is 11.6. The molecule has 0 aliphatic rings. The van der Waals surface area contributed by atoms with Crippen molar-refractivity contribution in [3.63, 3.8) is 0 Å². The molecule has 0 aliphatic heterocycles. The van der Waals surface area contributed by atoms with E-state index >= 15 is 0 Å². The van der Waals surface area contributed by atoms with Gasteiger partial charge < -0.3 is 10.6 Å². The van der Waals surface area contributed by atoms with E-state index in [4.69, 9.17) is 11.6 Å². The first kappa shape index (κ1) is 18.2. The van der Waals surface area contributed by atoms with E-state index in [1.54, 1.807) is 0 Å². The second kappa shape index (κ2) is 11.1. The lowest BCUT2D eigenvalue weighted by Crippen LogP contribution is -2.32. The number of benzene rings is 1. The summed E-state index contributed by atoms with van der Waals surface area (Å²) >= 11 is 5.80. The average molecular weight is 305 g/mol. The topological polar surface area (TPSA) is 41.1 Å². The molecular formula is C14H22Cl2N2O. The summed E-state index contributed by atoms with van der Waals surface area (Å²) in [6.45, 7) is 4.65. The molecule has 108 valence electrons. The molecule has 0 radical (unpaired) electrons. The smallest absolute Gasteiger partial charge is 0.220 e. The Labute approximate surface area is 126 Å². The van der Waals surface area contributed by atoms with Gasteiger partial charge in [0.2, 0.25) is 5.91 Å². The average Bonchev–Trinajstić information content (AvgIpc) is 2.38. The van der Waals surface area contributed by atoms with Gasteiger partial charge in [-0.3, -0.25) is 4.79 Å². The zero-order chi connectivity index (χ0) is 13.2. The molecule has 19 heavy (non-hydrogen) atoms. The minimum absolute atomic E-state index is 0. The number of amides is 1. The Morgan fingerprint density at radius 2 is 1.84 bits per heavy atom. The first-order chi connectivity index (χ1) is 8.72. The van der Waals surface area contributed by atoms with Crippen molar-refractivity contribution >= 4 is 29.9 Å². The number of hydrogen-bond donors (Lipinski definition) is 2. The van der Waals surface area contributed by atoms with Gasteiger partial charge in [-0.05, 0) is 37.1 Å². The van der Waals surface area contributed by atoms with Crippen molar-refractivity contribution in [2.75, 3.05) is 19.6 Å². The molecule has 1 amide bonds. The molecule has 0 bridgehead atoms. The SMILES string of the molecule is CCCNCCNC(=O)CCc1ccc(Cl)cc1.Cl. The molecule has 3 nitrogen and oxygen atoms in total. The van der Waals surface area contributed by atoms with Gasteiger partial charge in [0.25, 0.3) is 0 Å². The molecular weight excluding hydrogens is 283 g/mol. The van der Waals surface area contributed by atoms with Crippen LogP contribution in [-0.4, -0.2) is 25.5 Å². The van der Waals surface area contributed by atoms with E-state index in [0.717, 1.165) is 36.5 Å². The number of nitrogens with one attached hydrogen (secondary N) is 2. The van der Waals surface area contributed by atoms with Gasteiger partial charge in [0.05, 0.1) is 0 Å². The number of aryl methyl sites for hydroxylation is 1. The normalized spacial score (nSPS) is 9.79. The van der Waals surface area contributed by atoms with E-state index in [9.17, 15) is 4.79 Å². The van der Waals surface area contributed by atoms with Crippen LogP contribution in [0.5, 0.6) is 0 Å². The first-order valence-corrected chi connectivity index (χ1v) is 6.82. The van der Waals surface area contributed by atoms with Crippen molar-refractivity contribution in [1.29, 1.82) is 0 Å². The maximum Gasteiger partial charge on any atom is 0.220 e. The van der Waals surface area contributed by atoms with Crippen molar-refractivity contribution in [3.05, 3.63) is 34.9 Å². The molecule has 0 fully saturated rings. The predicted molar refractivity (Wildman–Crippen MR) is 83.2 cm³/mol. The fourth-order valence-electron chi connectivity index (χ4n) is 1.59. The highest BCUT2D eigenvalue weighted by molar-refractivity contribution is 6.30. The van der Waals surface area contributed by atoms with E-state index in [0.29, 0.717) is 13.0 Å². The molecule has 5 heteroatoms. The van der Waals surface area contributed by atoms with Gasteiger partial charge in [0.1, 0.15) is 0 Å². The lowest BCUT2D eigenvalue weighted by molar-refractivity contribution is -0.121. The van der Waals surface area contributed by atoms with Gasteiger partial charge in [-0.25, -0.2) is 0 Å². The van der Waals surface area contributed by atoms with Crippen molar-refractivity contribution in [1.82, 2.24) is 10.6 Å². The van der Waals surface area contributed by atoms with E-state index in [2.05, 4.69) is 17.6 Å². The number of halogens is 2. The molecule has 0 saturated heterocycles. The van der Waals surface area contributed by atoms with Crippen molar-refractivity contribution in [2.45, 2.75) is 26.2 Å².